The van der Waals surface area contributed by atoms with Crippen LogP contribution in [0.4, 0.5) is 5.82 Å². The highest BCUT2D eigenvalue weighted by Gasteiger charge is 2.20. The molecule has 28 heavy (non-hydrogen) atoms. The summed E-state index contributed by atoms with van der Waals surface area (Å²) in [5.41, 5.74) is 3.01. The lowest BCUT2D eigenvalue weighted by Gasteiger charge is -2.24. The fourth-order valence-corrected chi connectivity index (χ4v) is 4.14. The molecule has 1 aromatic carbocycles. The first-order chi connectivity index (χ1) is 13.7. The largest absolute Gasteiger partial charge is 0.497 e. The van der Waals surface area contributed by atoms with Crippen molar-refractivity contribution in [2.45, 2.75) is 31.7 Å². The fourth-order valence-electron chi connectivity index (χ4n) is 3.55. The Morgan fingerprint density at radius 1 is 1.04 bits per heavy atom. The maximum absolute atomic E-state index is 5.65. The molecule has 0 N–H and O–H groups in total. The van der Waals surface area contributed by atoms with Crippen LogP contribution < -0.4 is 14.4 Å². The minimum Gasteiger partial charge on any atom is -0.497 e. The van der Waals surface area contributed by atoms with Gasteiger partial charge in [-0.3, -0.25) is 4.40 Å². The van der Waals surface area contributed by atoms with Crippen LogP contribution in [-0.2, 0) is 0 Å². The third-order valence-electron chi connectivity index (χ3n) is 4.77. The van der Waals surface area contributed by atoms with Crippen molar-refractivity contribution in [3.63, 3.8) is 0 Å². The summed E-state index contributed by atoms with van der Waals surface area (Å²) in [7, 11) is 3.35. The number of benzene rings is 1. The van der Waals surface area contributed by atoms with Crippen LogP contribution in [0.5, 0.6) is 11.5 Å². The molecule has 0 aliphatic rings. The molecule has 0 unspecified atom stereocenters. The molecule has 0 saturated carbocycles. The van der Waals surface area contributed by atoms with Crippen LogP contribution >= 0.6 is 11.8 Å². The number of hydrogen-bond acceptors (Lipinski definition) is 5. The van der Waals surface area contributed by atoms with E-state index < -0.39 is 0 Å². The van der Waals surface area contributed by atoms with Crippen LogP contribution in [0.15, 0.2) is 41.6 Å². The number of ether oxygens (including phenoxy) is 2. The highest BCUT2D eigenvalue weighted by atomic mass is 32.2. The van der Waals surface area contributed by atoms with Crippen molar-refractivity contribution >= 4 is 23.2 Å². The SMILES string of the molecule is CCCN(CCC)c1c(SC)nc2c(-c3ccc(OC)cc3OC)cccn12. The van der Waals surface area contributed by atoms with E-state index in [2.05, 4.69) is 47.7 Å². The molecule has 5 nitrogen and oxygen atoms in total. The van der Waals surface area contributed by atoms with Gasteiger partial charge in [0, 0.05) is 36.5 Å². The summed E-state index contributed by atoms with van der Waals surface area (Å²) in [6.45, 7) is 6.48. The van der Waals surface area contributed by atoms with E-state index in [1.165, 1.54) is 5.82 Å². The Labute approximate surface area is 171 Å². The summed E-state index contributed by atoms with van der Waals surface area (Å²) in [5, 5.41) is 1.06. The number of hydrogen-bond donors (Lipinski definition) is 0. The van der Waals surface area contributed by atoms with E-state index in [-0.39, 0.29) is 0 Å². The van der Waals surface area contributed by atoms with Crippen molar-refractivity contribution in [3.8, 4) is 22.6 Å². The number of anilines is 1. The molecule has 0 amide bonds. The Bertz CT molecular complexity index is 933. The van der Waals surface area contributed by atoms with Gasteiger partial charge in [0.25, 0.3) is 0 Å². The first-order valence-corrected chi connectivity index (χ1v) is 10.9. The molecule has 0 saturated heterocycles. The lowest BCUT2D eigenvalue weighted by atomic mass is 10.1. The molecule has 0 bridgehead atoms. The molecule has 0 fully saturated rings. The molecule has 0 aliphatic heterocycles. The quantitative estimate of drug-likeness (QED) is 0.453. The second-order valence-electron chi connectivity index (χ2n) is 6.61. The van der Waals surface area contributed by atoms with Gasteiger partial charge in [0.15, 0.2) is 0 Å². The topological polar surface area (TPSA) is 39.0 Å². The molecular formula is C22H29N3O2S. The number of methoxy groups -OCH3 is 2. The van der Waals surface area contributed by atoms with Crippen LogP contribution in [-0.4, -0.2) is 42.9 Å². The molecule has 0 aliphatic carbocycles. The summed E-state index contributed by atoms with van der Waals surface area (Å²) in [6, 6.07) is 10.1. The molecule has 0 spiro atoms. The molecule has 6 heteroatoms. The number of imidazole rings is 1. The van der Waals surface area contributed by atoms with Crippen LogP contribution in [0, 0.1) is 0 Å². The van der Waals surface area contributed by atoms with Gasteiger partial charge >= 0.3 is 0 Å². The van der Waals surface area contributed by atoms with E-state index in [9.17, 15) is 0 Å². The smallest absolute Gasteiger partial charge is 0.147 e. The zero-order valence-electron chi connectivity index (χ0n) is 17.4. The fraction of sp³-hybridized carbons (Fsp3) is 0.409. The zero-order chi connectivity index (χ0) is 20.1. The van der Waals surface area contributed by atoms with Gasteiger partial charge in [-0.05, 0) is 43.4 Å². The average molecular weight is 400 g/mol. The molecule has 0 atom stereocenters. The highest BCUT2D eigenvalue weighted by Crippen LogP contribution is 2.38. The summed E-state index contributed by atoms with van der Waals surface area (Å²) < 4.78 is 13.2. The number of pyridine rings is 1. The molecule has 3 rings (SSSR count). The summed E-state index contributed by atoms with van der Waals surface area (Å²) in [4.78, 5) is 7.45. The van der Waals surface area contributed by atoms with Crippen molar-refractivity contribution in [3.05, 3.63) is 36.5 Å². The average Bonchev–Trinajstić information content (AvgIpc) is 3.11. The number of nitrogens with zero attached hydrogens (tertiary/aromatic N) is 3. The molecular weight excluding hydrogens is 370 g/mol. The summed E-state index contributed by atoms with van der Waals surface area (Å²) in [6.07, 6.45) is 6.41. The monoisotopic (exact) mass is 399 g/mol. The van der Waals surface area contributed by atoms with Crippen LogP contribution in [0.3, 0.4) is 0 Å². The maximum atomic E-state index is 5.65. The van der Waals surface area contributed by atoms with E-state index >= 15 is 0 Å². The maximum Gasteiger partial charge on any atom is 0.147 e. The van der Waals surface area contributed by atoms with E-state index in [0.717, 1.165) is 59.2 Å². The Balaban J connectivity index is 2.22. The number of aromatic nitrogens is 2. The summed E-state index contributed by atoms with van der Waals surface area (Å²) >= 11 is 1.70. The van der Waals surface area contributed by atoms with Gasteiger partial charge in [0.05, 0.1) is 14.2 Å². The molecule has 2 heterocycles. The number of rotatable bonds is 9. The normalized spacial score (nSPS) is 11.0. The lowest BCUT2D eigenvalue weighted by Crippen LogP contribution is -2.26. The third-order valence-corrected chi connectivity index (χ3v) is 5.43. The standard InChI is InChI=1S/C22H29N3O2S/c1-6-12-24(13-7-2)22-21(28-5)23-20-18(9-8-14-25(20)22)17-11-10-16(26-3)15-19(17)27-4/h8-11,14-15H,6-7,12-13H2,1-5H3. The number of thioether (sulfide) groups is 1. The van der Waals surface area contributed by atoms with Crippen LogP contribution in [0.25, 0.3) is 16.8 Å². The van der Waals surface area contributed by atoms with Gasteiger partial charge in [0.2, 0.25) is 0 Å². The van der Waals surface area contributed by atoms with Crippen molar-refractivity contribution in [1.29, 1.82) is 0 Å². The van der Waals surface area contributed by atoms with E-state index in [4.69, 9.17) is 14.5 Å². The van der Waals surface area contributed by atoms with Gasteiger partial charge in [-0.25, -0.2) is 4.98 Å². The van der Waals surface area contributed by atoms with Gasteiger partial charge < -0.3 is 14.4 Å². The Morgan fingerprint density at radius 3 is 2.39 bits per heavy atom. The predicted molar refractivity (Wildman–Crippen MR) is 118 cm³/mol. The van der Waals surface area contributed by atoms with E-state index in [1.807, 2.05) is 18.2 Å². The lowest BCUT2D eigenvalue weighted by molar-refractivity contribution is 0.395. The Morgan fingerprint density at radius 2 is 1.79 bits per heavy atom. The Kier molecular flexibility index (Phi) is 6.73. The van der Waals surface area contributed by atoms with Crippen LogP contribution in [0.1, 0.15) is 26.7 Å². The van der Waals surface area contributed by atoms with Crippen LogP contribution in [0.2, 0.25) is 0 Å². The summed E-state index contributed by atoms with van der Waals surface area (Å²) in [5.74, 6) is 2.74. The third kappa shape index (κ3) is 3.78. The minimum absolute atomic E-state index is 0.776. The van der Waals surface area contributed by atoms with Gasteiger partial charge in [-0.2, -0.15) is 0 Å². The predicted octanol–water partition coefficient (Wildman–Crippen LogP) is 5.37. The molecule has 0 radical (unpaired) electrons. The Hall–Kier alpha value is -2.34. The van der Waals surface area contributed by atoms with Crippen molar-refractivity contribution in [2.75, 3.05) is 38.5 Å². The van der Waals surface area contributed by atoms with E-state index in [0.29, 0.717) is 0 Å². The number of fused-ring (bicyclic) bond motifs is 1. The second kappa shape index (κ2) is 9.24. The second-order valence-corrected chi connectivity index (χ2v) is 7.41. The molecule has 3 aromatic rings. The van der Waals surface area contributed by atoms with Gasteiger partial charge in [0.1, 0.15) is 28.0 Å². The van der Waals surface area contributed by atoms with E-state index in [1.54, 1.807) is 26.0 Å². The van der Waals surface area contributed by atoms with Gasteiger partial charge in [-0.15, -0.1) is 11.8 Å². The zero-order valence-corrected chi connectivity index (χ0v) is 18.2. The molecule has 150 valence electrons. The van der Waals surface area contributed by atoms with Crippen molar-refractivity contribution in [2.24, 2.45) is 0 Å². The first kappa shape index (κ1) is 20.4. The van der Waals surface area contributed by atoms with Gasteiger partial charge in [-0.1, -0.05) is 13.8 Å². The highest BCUT2D eigenvalue weighted by molar-refractivity contribution is 7.98. The van der Waals surface area contributed by atoms with Crippen molar-refractivity contribution < 1.29 is 9.47 Å². The van der Waals surface area contributed by atoms with Crippen molar-refractivity contribution in [1.82, 2.24) is 9.38 Å². The minimum atomic E-state index is 0.776. The first-order valence-electron chi connectivity index (χ1n) is 9.70. The molecule has 2 aromatic heterocycles.